The molecule has 0 aromatic rings. The molecule has 0 aromatic carbocycles. The van der Waals surface area contributed by atoms with Crippen LogP contribution < -0.4 is 0 Å². The smallest absolute Gasteiger partial charge is 0.127 e. The molecule has 0 aromatic heterocycles. The van der Waals surface area contributed by atoms with Crippen LogP contribution in [-0.2, 0) is 4.79 Å². The number of allylic oxidation sites excluding steroid dienone is 2. The number of carbonyl (C=O) groups is 1. The number of aldehydes is 1. The molecular weight excluding hydrogens is 136 g/mol. The molecule has 0 heterocycles. The zero-order valence-electron chi connectivity index (χ0n) is 7.18. The molecule has 1 aliphatic carbocycles. The lowest BCUT2D eigenvalue weighted by Gasteiger charge is -2.05. The molecule has 11 heavy (non-hydrogen) atoms. The average molecular weight is 152 g/mol. The van der Waals surface area contributed by atoms with Crippen LogP contribution in [0.15, 0.2) is 11.6 Å². The molecule has 0 fully saturated rings. The van der Waals surface area contributed by atoms with E-state index in [1.54, 1.807) is 0 Å². The fourth-order valence-corrected chi connectivity index (χ4v) is 1.61. The van der Waals surface area contributed by atoms with Gasteiger partial charge in [-0.2, -0.15) is 0 Å². The first-order chi connectivity index (χ1) is 5.38. The van der Waals surface area contributed by atoms with Gasteiger partial charge in [0.15, 0.2) is 0 Å². The lowest BCUT2D eigenvalue weighted by Crippen LogP contribution is -2.00. The fraction of sp³-hybridized carbons (Fsp3) is 0.700. The molecule has 0 saturated carbocycles. The highest BCUT2D eigenvalue weighted by Crippen LogP contribution is 2.27. The summed E-state index contributed by atoms with van der Waals surface area (Å²) in [5.41, 5.74) is 1.39. The van der Waals surface area contributed by atoms with Crippen LogP contribution in [0.2, 0.25) is 0 Å². The average Bonchev–Trinajstić information content (AvgIpc) is 2.47. The van der Waals surface area contributed by atoms with Crippen LogP contribution in [0, 0.1) is 5.92 Å². The quantitative estimate of drug-likeness (QED) is 0.447. The lowest BCUT2D eigenvalue weighted by molar-refractivity contribution is -0.110. The van der Waals surface area contributed by atoms with Crippen LogP contribution in [0.5, 0.6) is 0 Å². The molecule has 0 amide bonds. The maximum Gasteiger partial charge on any atom is 0.127 e. The minimum atomic E-state index is 0.265. The molecule has 62 valence electrons. The van der Waals surface area contributed by atoms with E-state index in [-0.39, 0.29) is 5.92 Å². The number of hydrogen-bond acceptors (Lipinski definition) is 1. The first-order valence-corrected chi connectivity index (χ1v) is 4.52. The van der Waals surface area contributed by atoms with Gasteiger partial charge in [-0.25, -0.2) is 0 Å². The highest BCUT2D eigenvalue weighted by atomic mass is 16.1. The van der Waals surface area contributed by atoms with Crippen molar-refractivity contribution in [3.8, 4) is 0 Å². The molecule has 0 radical (unpaired) electrons. The number of carbonyl (C=O) groups excluding carboxylic acids is 1. The third kappa shape index (κ3) is 2.18. The van der Waals surface area contributed by atoms with Crippen LogP contribution in [0.25, 0.3) is 0 Å². The molecule has 1 unspecified atom stereocenters. The summed E-state index contributed by atoms with van der Waals surface area (Å²) < 4.78 is 0. The van der Waals surface area contributed by atoms with Gasteiger partial charge in [0.2, 0.25) is 0 Å². The number of hydrogen-bond donors (Lipinski definition) is 0. The molecule has 1 nitrogen and oxygen atoms in total. The Morgan fingerprint density at radius 1 is 1.73 bits per heavy atom. The maximum absolute atomic E-state index is 10.5. The van der Waals surface area contributed by atoms with E-state index in [0.717, 1.165) is 25.5 Å². The summed E-state index contributed by atoms with van der Waals surface area (Å²) in [6, 6.07) is 0. The van der Waals surface area contributed by atoms with E-state index >= 15 is 0 Å². The normalized spacial score (nSPS) is 23.4. The summed E-state index contributed by atoms with van der Waals surface area (Å²) >= 11 is 0. The Labute approximate surface area is 68.5 Å². The largest absolute Gasteiger partial charge is 0.303 e. The zero-order valence-corrected chi connectivity index (χ0v) is 7.18. The Kier molecular flexibility index (Phi) is 3.34. The second kappa shape index (κ2) is 4.32. The summed E-state index contributed by atoms with van der Waals surface area (Å²) in [5.74, 6) is 0.265. The zero-order chi connectivity index (χ0) is 8.10. The lowest BCUT2D eigenvalue weighted by atomic mass is 9.99. The Balaban J connectivity index is 2.36. The predicted molar refractivity (Wildman–Crippen MR) is 46.4 cm³/mol. The standard InChI is InChI=1S/C10H16O/c1-2-3-5-9-6-4-7-10(9)8-11/h6,8,10H,2-5,7H2,1H3. The number of unbranched alkanes of at least 4 members (excludes halogenated alkanes) is 1. The van der Waals surface area contributed by atoms with Gasteiger partial charge in [-0.3, -0.25) is 0 Å². The van der Waals surface area contributed by atoms with E-state index < -0.39 is 0 Å². The van der Waals surface area contributed by atoms with Crippen LogP contribution in [0.3, 0.4) is 0 Å². The predicted octanol–water partition coefficient (Wildman–Crippen LogP) is 2.71. The van der Waals surface area contributed by atoms with Crippen molar-refractivity contribution in [2.45, 2.75) is 39.0 Å². The van der Waals surface area contributed by atoms with Gasteiger partial charge in [0.25, 0.3) is 0 Å². The third-order valence-corrected chi connectivity index (χ3v) is 2.34. The molecule has 1 atom stereocenters. The molecule has 1 aliphatic rings. The van der Waals surface area contributed by atoms with Crippen molar-refractivity contribution >= 4 is 6.29 Å². The molecule has 0 bridgehead atoms. The van der Waals surface area contributed by atoms with Gasteiger partial charge in [-0.1, -0.05) is 25.0 Å². The summed E-state index contributed by atoms with van der Waals surface area (Å²) in [5, 5.41) is 0. The van der Waals surface area contributed by atoms with Crippen molar-refractivity contribution in [1.29, 1.82) is 0 Å². The molecule has 0 spiro atoms. The van der Waals surface area contributed by atoms with E-state index in [1.807, 2.05) is 0 Å². The van der Waals surface area contributed by atoms with Crippen molar-refractivity contribution in [2.75, 3.05) is 0 Å². The Bertz CT molecular complexity index is 158. The SMILES string of the molecule is CCCCC1=CCCC1C=O. The molecule has 1 rings (SSSR count). The van der Waals surface area contributed by atoms with Gasteiger partial charge >= 0.3 is 0 Å². The first-order valence-electron chi connectivity index (χ1n) is 4.52. The second-order valence-electron chi connectivity index (χ2n) is 3.20. The monoisotopic (exact) mass is 152 g/mol. The Hall–Kier alpha value is -0.590. The summed E-state index contributed by atoms with van der Waals surface area (Å²) in [6.07, 6.45) is 9.12. The van der Waals surface area contributed by atoms with Crippen molar-refractivity contribution in [2.24, 2.45) is 5.92 Å². The molecule has 0 N–H and O–H groups in total. The summed E-state index contributed by atoms with van der Waals surface area (Å²) in [6.45, 7) is 2.19. The second-order valence-corrected chi connectivity index (χ2v) is 3.20. The maximum atomic E-state index is 10.5. The Morgan fingerprint density at radius 3 is 3.18 bits per heavy atom. The van der Waals surface area contributed by atoms with Crippen LogP contribution >= 0.6 is 0 Å². The molecule has 0 saturated heterocycles. The molecule has 1 heteroatoms. The highest BCUT2D eigenvalue weighted by Gasteiger charge is 2.16. The highest BCUT2D eigenvalue weighted by molar-refractivity contribution is 5.59. The minimum absolute atomic E-state index is 0.265. The molecular formula is C10H16O. The van der Waals surface area contributed by atoms with Crippen LogP contribution in [0.4, 0.5) is 0 Å². The first kappa shape index (κ1) is 8.51. The van der Waals surface area contributed by atoms with Crippen molar-refractivity contribution in [3.05, 3.63) is 11.6 Å². The van der Waals surface area contributed by atoms with Crippen LogP contribution in [0.1, 0.15) is 39.0 Å². The van der Waals surface area contributed by atoms with Crippen molar-refractivity contribution in [3.63, 3.8) is 0 Å². The van der Waals surface area contributed by atoms with E-state index in [0.29, 0.717) is 0 Å². The Morgan fingerprint density at radius 2 is 2.55 bits per heavy atom. The van der Waals surface area contributed by atoms with Gasteiger partial charge < -0.3 is 4.79 Å². The topological polar surface area (TPSA) is 17.1 Å². The molecule has 0 aliphatic heterocycles. The van der Waals surface area contributed by atoms with Gasteiger partial charge in [-0.05, 0) is 25.7 Å². The van der Waals surface area contributed by atoms with Gasteiger partial charge in [-0.15, -0.1) is 0 Å². The van der Waals surface area contributed by atoms with Gasteiger partial charge in [0, 0.05) is 5.92 Å². The van der Waals surface area contributed by atoms with Gasteiger partial charge in [0.05, 0.1) is 0 Å². The van der Waals surface area contributed by atoms with E-state index in [1.165, 1.54) is 18.4 Å². The van der Waals surface area contributed by atoms with Crippen molar-refractivity contribution < 1.29 is 4.79 Å². The number of rotatable bonds is 4. The fourth-order valence-electron chi connectivity index (χ4n) is 1.61. The van der Waals surface area contributed by atoms with E-state index in [9.17, 15) is 4.79 Å². The summed E-state index contributed by atoms with van der Waals surface area (Å²) in [4.78, 5) is 10.5. The van der Waals surface area contributed by atoms with Gasteiger partial charge in [0.1, 0.15) is 6.29 Å². The van der Waals surface area contributed by atoms with E-state index in [2.05, 4.69) is 13.0 Å². The third-order valence-electron chi connectivity index (χ3n) is 2.34. The van der Waals surface area contributed by atoms with E-state index in [4.69, 9.17) is 0 Å². The summed E-state index contributed by atoms with van der Waals surface area (Å²) in [7, 11) is 0. The minimum Gasteiger partial charge on any atom is -0.303 e. The van der Waals surface area contributed by atoms with Crippen LogP contribution in [-0.4, -0.2) is 6.29 Å². The van der Waals surface area contributed by atoms with Crippen molar-refractivity contribution in [1.82, 2.24) is 0 Å².